The molecule has 3 heterocycles. The van der Waals surface area contributed by atoms with Gasteiger partial charge in [0, 0.05) is 55.7 Å². The predicted molar refractivity (Wildman–Crippen MR) is 126 cm³/mol. The molecule has 168 valence electrons. The summed E-state index contributed by atoms with van der Waals surface area (Å²) in [4.78, 5) is 28.6. The number of nitrogens with zero attached hydrogens (tertiary/aromatic N) is 4. The number of rotatable bonds is 8. The number of hydrogen-bond donors (Lipinski definition) is 1. The van der Waals surface area contributed by atoms with Crippen molar-refractivity contribution >= 4 is 17.9 Å². The van der Waals surface area contributed by atoms with Crippen LogP contribution in [0.25, 0.3) is 0 Å². The van der Waals surface area contributed by atoms with Gasteiger partial charge in [0.2, 0.25) is 0 Å². The maximum absolute atomic E-state index is 12.5. The minimum absolute atomic E-state index is 0.272. The summed E-state index contributed by atoms with van der Waals surface area (Å²) < 4.78 is 5.58. The number of carbonyl (C=O) groups is 1. The lowest BCUT2D eigenvalue weighted by Gasteiger charge is -2.34. The van der Waals surface area contributed by atoms with Gasteiger partial charge in [0.1, 0.15) is 5.75 Å². The predicted octanol–water partition coefficient (Wildman–Crippen LogP) is 4.15. The molecule has 2 aromatic heterocycles. The van der Waals surface area contributed by atoms with Gasteiger partial charge in [-0.25, -0.2) is 9.78 Å². The summed E-state index contributed by atoms with van der Waals surface area (Å²) in [5.41, 5.74) is 3.37. The largest absolute Gasteiger partial charge is 0.415 e. The number of H-pyrrole nitrogens is 1. The Balaban J connectivity index is 1.16. The van der Waals surface area contributed by atoms with E-state index < -0.39 is 0 Å². The van der Waals surface area contributed by atoms with Crippen LogP contribution in [0.5, 0.6) is 5.75 Å². The number of pyridine rings is 1. The molecular weight excluding hydrogens is 422 g/mol. The molecule has 1 aromatic carbocycles. The summed E-state index contributed by atoms with van der Waals surface area (Å²) in [5, 5.41) is 0.895. The molecule has 1 saturated heterocycles. The maximum Gasteiger partial charge on any atom is 0.415 e. The van der Waals surface area contributed by atoms with Gasteiger partial charge < -0.3 is 14.6 Å². The van der Waals surface area contributed by atoms with E-state index in [9.17, 15) is 4.79 Å². The molecule has 1 aliphatic rings. The van der Waals surface area contributed by atoms with Crippen molar-refractivity contribution in [1.29, 1.82) is 0 Å². The minimum atomic E-state index is -0.272. The van der Waals surface area contributed by atoms with Crippen molar-refractivity contribution in [2.24, 2.45) is 0 Å². The van der Waals surface area contributed by atoms with Gasteiger partial charge in [0.25, 0.3) is 0 Å². The van der Waals surface area contributed by atoms with E-state index in [1.54, 1.807) is 22.9 Å². The van der Waals surface area contributed by atoms with Gasteiger partial charge >= 0.3 is 6.09 Å². The molecule has 1 amide bonds. The Morgan fingerprint density at radius 2 is 1.94 bits per heavy atom. The van der Waals surface area contributed by atoms with Crippen molar-refractivity contribution < 1.29 is 9.53 Å². The number of carbonyl (C=O) groups excluding carboxylic acids is 1. The first kappa shape index (κ1) is 22.4. The van der Waals surface area contributed by atoms with Crippen LogP contribution in [0.3, 0.4) is 0 Å². The Morgan fingerprint density at radius 1 is 1.12 bits per heavy atom. The van der Waals surface area contributed by atoms with E-state index in [4.69, 9.17) is 4.74 Å². The van der Waals surface area contributed by atoms with E-state index in [0.29, 0.717) is 18.8 Å². The van der Waals surface area contributed by atoms with Gasteiger partial charge in [-0.2, -0.15) is 0 Å². The summed E-state index contributed by atoms with van der Waals surface area (Å²) >= 11 is 1.64. The van der Waals surface area contributed by atoms with Crippen molar-refractivity contribution in [3.05, 3.63) is 71.8 Å². The molecule has 1 fully saturated rings. The zero-order valence-electron chi connectivity index (χ0n) is 18.4. The fourth-order valence-electron chi connectivity index (χ4n) is 3.68. The van der Waals surface area contributed by atoms with Crippen molar-refractivity contribution in [2.75, 3.05) is 32.7 Å². The highest BCUT2D eigenvalue weighted by Crippen LogP contribution is 2.21. The number of thioether (sulfide) groups is 1. The standard InChI is InChI=1S/C24H29N5O2S/c1-19-4-2-5-21(27-19)6-3-13-28-14-16-29(17-15-28)24(30)31-22-9-7-20(8-10-22)18-32-23-25-11-12-26-23/h2,4-5,7-12H,3,6,13-18H2,1H3,(H,25,26). The number of aryl methyl sites for hydroxylation is 2. The first-order chi connectivity index (χ1) is 15.7. The normalized spacial score (nSPS) is 14.5. The van der Waals surface area contributed by atoms with Gasteiger partial charge in [0.05, 0.1) is 0 Å². The molecule has 0 bridgehead atoms. The van der Waals surface area contributed by atoms with Gasteiger partial charge in [-0.3, -0.25) is 9.88 Å². The van der Waals surface area contributed by atoms with Crippen LogP contribution in [0.2, 0.25) is 0 Å². The number of hydrogen-bond acceptors (Lipinski definition) is 6. The van der Waals surface area contributed by atoms with Crippen LogP contribution in [0.1, 0.15) is 23.4 Å². The molecule has 0 unspecified atom stereocenters. The van der Waals surface area contributed by atoms with Crippen LogP contribution >= 0.6 is 11.8 Å². The van der Waals surface area contributed by atoms with Crippen LogP contribution in [-0.4, -0.2) is 63.6 Å². The quantitative estimate of drug-likeness (QED) is 0.519. The van der Waals surface area contributed by atoms with E-state index in [1.165, 1.54) is 0 Å². The number of benzene rings is 1. The number of piperazine rings is 1. The third kappa shape index (κ3) is 6.58. The first-order valence-electron chi connectivity index (χ1n) is 11.0. The van der Waals surface area contributed by atoms with E-state index in [2.05, 4.69) is 32.0 Å². The summed E-state index contributed by atoms with van der Waals surface area (Å²) in [6.45, 7) is 6.19. The third-order valence-corrected chi connectivity index (χ3v) is 6.44. The number of aromatic nitrogens is 3. The molecule has 1 N–H and O–H groups in total. The SMILES string of the molecule is Cc1cccc(CCCN2CCN(C(=O)Oc3ccc(CSc4ncc[nH]4)cc3)CC2)n1. The lowest BCUT2D eigenvalue weighted by Crippen LogP contribution is -2.49. The van der Waals surface area contributed by atoms with Crippen molar-refractivity contribution in [3.8, 4) is 5.75 Å². The highest BCUT2D eigenvalue weighted by Gasteiger charge is 2.22. The third-order valence-electron chi connectivity index (χ3n) is 5.46. The van der Waals surface area contributed by atoms with Crippen LogP contribution in [0.4, 0.5) is 4.79 Å². The average molecular weight is 452 g/mol. The van der Waals surface area contributed by atoms with Crippen LogP contribution in [0.15, 0.2) is 60.0 Å². The van der Waals surface area contributed by atoms with Gasteiger partial charge in [0.15, 0.2) is 5.16 Å². The maximum atomic E-state index is 12.5. The Morgan fingerprint density at radius 3 is 2.66 bits per heavy atom. The van der Waals surface area contributed by atoms with E-state index >= 15 is 0 Å². The van der Waals surface area contributed by atoms with Gasteiger partial charge in [-0.05, 0) is 56.1 Å². The Bertz CT molecular complexity index is 986. The molecule has 0 aliphatic carbocycles. The zero-order valence-corrected chi connectivity index (χ0v) is 19.2. The van der Waals surface area contributed by atoms with Crippen molar-refractivity contribution in [3.63, 3.8) is 0 Å². The van der Waals surface area contributed by atoms with Crippen LogP contribution in [-0.2, 0) is 12.2 Å². The summed E-state index contributed by atoms with van der Waals surface area (Å²) in [7, 11) is 0. The van der Waals surface area contributed by atoms with E-state index in [-0.39, 0.29) is 6.09 Å². The van der Waals surface area contributed by atoms with Crippen molar-refractivity contribution in [2.45, 2.75) is 30.7 Å². The Hall–Kier alpha value is -2.84. The Labute approximate surface area is 193 Å². The Kier molecular flexibility index (Phi) is 7.79. The number of imidazole rings is 1. The van der Waals surface area contributed by atoms with Crippen molar-refractivity contribution in [1.82, 2.24) is 24.8 Å². The summed E-state index contributed by atoms with van der Waals surface area (Å²) in [6.07, 6.45) is 5.35. The van der Waals surface area contributed by atoms with Crippen LogP contribution < -0.4 is 4.74 Å². The number of nitrogens with one attached hydrogen (secondary N) is 1. The second kappa shape index (κ2) is 11.2. The molecule has 3 aromatic rings. The second-order valence-corrected chi connectivity index (χ2v) is 8.86. The lowest BCUT2D eigenvalue weighted by molar-refractivity contribution is 0.110. The molecule has 1 aliphatic heterocycles. The fourth-order valence-corrected chi connectivity index (χ4v) is 4.46. The number of aromatic amines is 1. The molecular formula is C24H29N5O2S. The first-order valence-corrected chi connectivity index (χ1v) is 12.0. The van der Waals surface area contributed by atoms with Gasteiger partial charge in [-0.15, -0.1) is 0 Å². The number of ether oxygens (including phenoxy) is 1. The minimum Gasteiger partial charge on any atom is -0.410 e. The average Bonchev–Trinajstić information content (AvgIpc) is 3.33. The topological polar surface area (TPSA) is 74.3 Å². The van der Waals surface area contributed by atoms with Crippen LogP contribution in [0, 0.1) is 6.92 Å². The highest BCUT2D eigenvalue weighted by molar-refractivity contribution is 7.98. The molecule has 4 rings (SSSR count). The monoisotopic (exact) mass is 451 g/mol. The lowest BCUT2D eigenvalue weighted by atomic mass is 10.2. The van der Waals surface area contributed by atoms with E-state index in [0.717, 1.165) is 60.3 Å². The zero-order chi connectivity index (χ0) is 22.2. The highest BCUT2D eigenvalue weighted by atomic mass is 32.2. The number of amides is 1. The molecule has 0 atom stereocenters. The smallest absolute Gasteiger partial charge is 0.410 e. The van der Waals surface area contributed by atoms with Gasteiger partial charge in [-0.1, -0.05) is 30.0 Å². The fraction of sp³-hybridized carbons (Fsp3) is 0.375. The summed E-state index contributed by atoms with van der Waals surface area (Å²) in [6, 6.07) is 13.9. The molecule has 32 heavy (non-hydrogen) atoms. The second-order valence-electron chi connectivity index (χ2n) is 7.90. The molecule has 0 saturated carbocycles. The summed E-state index contributed by atoms with van der Waals surface area (Å²) in [5.74, 6) is 1.39. The molecule has 0 spiro atoms. The molecule has 0 radical (unpaired) electrons. The van der Waals surface area contributed by atoms with E-state index in [1.807, 2.05) is 43.5 Å². The molecule has 7 nitrogen and oxygen atoms in total. The molecule has 8 heteroatoms.